The smallest absolute Gasteiger partial charge is 0.251 e. The first-order valence-corrected chi connectivity index (χ1v) is 8.19. The average Bonchev–Trinajstić information content (AvgIpc) is 2.64. The highest BCUT2D eigenvalue weighted by Gasteiger charge is 2.17. The monoisotopic (exact) mass is 344 g/mol. The molecule has 0 aliphatic carbocycles. The Hall–Kier alpha value is -2.41. The zero-order valence-electron chi connectivity index (χ0n) is 14.0. The normalized spacial score (nSPS) is 13.2. The van der Waals surface area contributed by atoms with Crippen molar-refractivity contribution in [3.63, 3.8) is 0 Å². The standard InChI is InChI=1S/C19H24N2O4/c20-19(23)18(15-7-3-1-4-8-15)24-12-11-21-13-16(22)14-25-17-9-5-2-6-10-17/h1-10,16,18,21-22H,11-14H2,(H2,20,23). The van der Waals surface area contributed by atoms with Gasteiger partial charge in [-0.3, -0.25) is 4.79 Å². The molecule has 0 aliphatic heterocycles. The van der Waals surface area contributed by atoms with Crippen molar-refractivity contribution in [2.75, 3.05) is 26.3 Å². The number of ether oxygens (including phenoxy) is 2. The van der Waals surface area contributed by atoms with Crippen LogP contribution in [0.1, 0.15) is 11.7 Å². The molecule has 2 aromatic carbocycles. The Bertz CT molecular complexity index is 622. The number of hydrogen-bond acceptors (Lipinski definition) is 5. The Balaban J connectivity index is 1.62. The number of aliphatic hydroxyl groups excluding tert-OH is 1. The van der Waals surface area contributed by atoms with Crippen LogP contribution in [0.25, 0.3) is 0 Å². The number of benzene rings is 2. The summed E-state index contributed by atoms with van der Waals surface area (Å²) in [5.74, 6) is 0.194. The summed E-state index contributed by atoms with van der Waals surface area (Å²) in [4.78, 5) is 11.5. The maximum absolute atomic E-state index is 11.5. The van der Waals surface area contributed by atoms with Crippen molar-refractivity contribution in [3.05, 3.63) is 66.2 Å². The van der Waals surface area contributed by atoms with E-state index in [1.165, 1.54) is 0 Å². The lowest BCUT2D eigenvalue weighted by Crippen LogP contribution is -2.34. The molecule has 2 unspecified atom stereocenters. The Labute approximate surface area is 147 Å². The van der Waals surface area contributed by atoms with Gasteiger partial charge in [0.2, 0.25) is 0 Å². The average molecular weight is 344 g/mol. The van der Waals surface area contributed by atoms with Crippen molar-refractivity contribution in [2.45, 2.75) is 12.2 Å². The van der Waals surface area contributed by atoms with E-state index in [2.05, 4.69) is 5.32 Å². The molecule has 2 aromatic rings. The molecule has 1 amide bonds. The quantitative estimate of drug-likeness (QED) is 0.534. The molecule has 2 rings (SSSR count). The van der Waals surface area contributed by atoms with Crippen LogP contribution in [0, 0.1) is 0 Å². The second-order valence-electron chi connectivity index (χ2n) is 5.55. The van der Waals surface area contributed by atoms with E-state index < -0.39 is 18.1 Å². The summed E-state index contributed by atoms with van der Waals surface area (Å²) < 4.78 is 11.0. The third kappa shape index (κ3) is 6.93. The van der Waals surface area contributed by atoms with E-state index in [-0.39, 0.29) is 6.61 Å². The Morgan fingerprint density at radius 1 is 1.08 bits per heavy atom. The van der Waals surface area contributed by atoms with Crippen LogP contribution < -0.4 is 15.8 Å². The van der Waals surface area contributed by atoms with Crippen LogP contribution in [0.2, 0.25) is 0 Å². The van der Waals surface area contributed by atoms with Crippen molar-refractivity contribution in [3.8, 4) is 5.75 Å². The van der Waals surface area contributed by atoms with E-state index >= 15 is 0 Å². The number of para-hydroxylation sites is 1. The topological polar surface area (TPSA) is 93.8 Å². The summed E-state index contributed by atoms with van der Waals surface area (Å²) in [6.45, 7) is 1.35. The molecule has 6 nitrogen and oxygen atoms in total. The van der Waals surface area contributed by atoms with Gasteiger partial charge in [-0.25, -0.2) is 0 Å². The maximum atomic E-state index is 11.5. The number of nitrogens with one attached hydrogen (secondary N) is 1. The summed E-state index contributed by atoms with van der Waals surface area (Å²) in [5.41, 5.74) is 6.11. The van der Waals surface area contributed by atoms with Crippen molar-refractivity contribution >= 4 is 5.91 Å². The summed E-state index contributed by atoms with van der Waals surface area (Å²) in [7, 11) is 0. The molecule has 0 aromatic heterocycles. The van der Waals surface area contributed by atoms with E-state index in [4.69, 9.17) is 15.2 Å². The number of rotatable bonds is 11. The molecule has 0 bridgehead atoms. The number of carbonyl (C=O) groups excluding carboxylic acids is 1. The summed E-state index contributed by atoms with van der Waals surface area (Å²) in [6.07, 6.45) is -1.41. The van der Waals surface area contributed by atoms with Crippen LogP contribution in [0.15, 0.2) is 60.7 Å². The number of nitrogens with two attached hydrogens (primary N) is 1. The van der Waals surface area contributed by atoms with Crippen molar-refractivity contribution in [1.82, 2.24) is 5.32 Å². The van der Waals surface area contributed by atoms with Gasteiger partial charge in [0.1, 0.15) is 18.5 Å². The predicted molar refractivity (Wildman–Crippen MR) is 95.1 cm³/mol. The number of hydrogen-bond donors (Lipinski definition) is 3. The molecule has 0 spiro atoms. The van der Waals surface area contributed by atoms with E-state index in [1.807, 2.05) is 48.5 Å². The van der Waals surface area contributed by atoms with Crippen LogP contribution in [-0.4, -0.2) is 43.4 Å². The van der Waals surface area contributed by atoms with Gasteiger partial charge in [0.15, 0.2) is 6.10 Å². The van der Waals surface area contributed by atoms with Crippen LogP contribution in [0.4, 0.5) is 0 Å². The largest absolute Gasteiger partial charge is 0.491 e. The molecular formula is C19H24N2O4. The molecule has 134 valence electrons. The van der Waals surface area contributed by atoms with E-state index in [0.29, 0.717) is 19.7 Å². The summed E-state index contributed by atoms with van der Waals surface area (Å²) in [5, 5.41) is 12.9. The Morgan fingerprint density at radius 3 is 2.36 bits per heavy atom. The van der Waals surface area contributed by atoms with Gasteiger partial charge in [-0.2, -0.15) is 0 Å². The molecular weight excluding hydrogens is 320 g/mol. The van der Waals surface area contributed by atoms with Gasteiger partial charge in [-0.15, -0.1) is 0 Å². The van der Waals surface area contributed by atoms with Gasteiger partial charge in [0.25, 0.3) is 5.91 Å². The summed E-state index contributed by atoms with van der Waals surface area (Å²) in [6, 6.07) is 18.4. The van der Waals surface area contributed by atoms with Gasteiger partial charge < -0.3 is 25.6 Å². The molecule has 0 radical (unpaired) electrons. The van der Waals surface area contributed by atoms with E-state index in [1.54, 1.807) is 12.1 Å². The number of amides is 1. The van der Waals surface area contributed by atoms with Crippen LogP contribution >= 0.6 is 0 Å². The van der Waals surface area contributed by atoms with Crippen molar-refractivity contribution in [1.29, 1.82) is 0 Å². The molecule has 0 saturated heterocycles. The van der Waals surface area contributed by atoms with Crippen molar-refractivity contribution < 1.29 is 19.4 Å². The third-order valence-corrected chi connectivity index (χ3v) is 3.49. The highest BCUT2D eigenvalue weighted by atomic mass is 16.5. The van der Waals surface area contributed by atoms with Crippen molar-refractivity contribution in [2.24, 2.45) is 5.73 Å². The zero-order valence-corrected chi connectivity index (χ0v) is 14.0. The number of aliphatic hydroxyl groups is 1. The first-order valence-electron chi connectivity index (χ1n) is 8.19. The van der Waals surface area contributed by atoms with E-state index in [0.717, 1.165) is 11.3 Å². The SMILES string of the molecule is NC(=O)C(OCCNCC(O)COc1ccccc1)c1ccccc1. The molecule has 0 fully saturated rings. The third-order valence-electron chi connectivity index (χ3n) is 3.49. The van der Waals surface area contributed by atoms with Gasteiger partial charge in [0, 0.05) is 13.1 Å². The minimum Gasteiger partial charge on any atom is -0.491 e. The van der Waals surface area contributed by atoms with E-state index in [9.17, 15) is 9.90 Å². The summed E-state index contributed by atoms with van der Waals surface area (Å²) >= 11 is 0. The fraction of sp³-hybridized carbons (Fsp3) is 0.316. The zero-order chi connectivity index (χ0) is 17.9. The maximum Gasteiger partial charge on any atom is 0.251 e. The molecule has 0 heterocycles. The molecule has 0 saturated carbocycles. The lowest BCUT2D eigenvalue weighted by molar-refractivity contribution is -0.129. The fourth-order valence-electron chi connectivity index (χ4n) is 2.26. The highest BCUT2D eigenvalue weighted by Crippen LogP contribution is 2.16. The molecule has 4 N–H and O–H groups in total. The van der Waals surface area contributed by atoms with Gasteiger partial charge in [-0.1, -0.05) is 48.5 Å². The second kappa shape index (κ2) is 10.5. The highest BCUT2D eigenvalue weighted by molar-refractivity contribution is 5.80. The molecule has 0 aliphatic rings. The first-order chi connectivity index (χ1) is 12.2. The lowest BCUT2D eigenvalue weighted by atomic mass is 10.1. The Morgan fingerprint density at radius 2 is 1.72 bits per heavy atom. The minimum absolute atomic E-state index is 0.200. The fourth-order valence-corrected chi connectivity index (χ4v) is 2.26. The van der Waals surface area contributed by atoms with Gasteiger partial charge in [0.05, 0.1) is 6.61 Å². The number of primary amides is 1. The molecule has 25 heavy (non-hydrogen) atoms. The minimum atomic E-state index is -0.769. The van der Waals surface area contributed by atoms with Gasteiger partial charge >= 0.3 is 0 Å². The number of carbonyl (C=O) groups is 1. The first kappa shape index (κ1) is 18.9. The molecule has 6 heteroatoms. The Kier molecular flexibility index (Phi) is 7.91. The van der Waals surface area contributed by atoms with Gasteiger partial charge in [-0.05, 0) is 17.7 Å². The van der Waals surface area contributed by atoms with Crippen LogP contribution in [0.5, 0.6) is 5.75 Å². The molecule has 2 atom stereocenters. The van der Waals surface area contributed by atoms with Crippen LogP contribution in [-0.2, 0) is 9.53 Å². The lowest BCUT2D eigenvalue weighted by Gasteiger charge is -2.16. The predicted octanol–water partition coefficient (Wildman–Crippen LogP) is 1.26. The van der Waals surface area contributed by atoms with Crippen LogP contribution in [0.3, 0.4) is 0 Å². The second-order valence-corrected chi connectivity index (χ2v) is 5.55.